The Bertz CT molecular complexity index is 310. The van der Waals surface area contributed by atoms with Gasteiger partial charge in [-0.2, -0.15) is 0 Å². The summed E-state index contributed by atoms with van der Waals surface area (Å²) in [5.41, 5.74) is 0. The number of rotatable bonds is 3. The number of alkyl halides is 1. The predicted molar refractivity (Wildman–Crippen MR) is 76.5 cm³/mol. The van der Waals surface area contributed by atoms with Crippen LogP contribution in [-0.2, 0) is 0 Å². The van der Waals surface area contributed by atoms with Gasteiger partial charge in [0.25, 0.3) is 0 Å². The Hall–Kier alpha value is 0.180. The quantitative estimate of drug-likeness (QED) is 0.485. The van der Waals surface area contributed by atoms with E-state index in [-0.39, 0.29) is 0 Å². The number of aryl methyl sites for hydroxylation is 1. The molecule has 0 N–H and O–H groups in total. The molecule has 1 unspecified atom stereocenters. The van der Waals surface area contributed by atoms with Gasteiger partial charge >= 0.3 is 0 Å². The molecule has 2 rings (SSSR count). The van der Waals surface area contributed by atoms with Gasteiger partial charge in [0.2, 0.25) is 0 Å². The average molecular weight is 301 g/mol. The van der Waals surface area contributed by atoms with E-state index in [4.69, 9.17) is 0 Å². The van der Waals surface area contributed by atoms with Crippen LogP contribution in [0.2, 0.25) is 0 Å². The largest absolute Gasteiger partial charge is 0.145 e. The zero-order valence-electron chi connectivity index (χ0n) is 10.0. The molecule has 1 fully saturated rings. The molecule has 1 aromatic rings. The number of halogens is 1. The maximum atomic E-state index is 3.87. The molecule has 0 aromatic carbocycles. The van der Waals surface area contributed by atoms with Crippen molar-refractivity contribution in [3.8, 4) is 0 Å². The third-order valence-electron chi connectivity index (χ3n) is 3.58. The Kier molecular flexibility index (Phi) is 4.90. The molecule has 0 nitrogen and oxygen atoms in total. The Morgan fingerprint density at radius 2 is 1.94 bits per heavy atom. The summed E-state index contributed by atoms with van der Waals surface area (Å²) in [6, 6.07) is 4.53. The van der Waals surface area contributed by atoms with Crippen molar-refractivity contribution in [3.05, 3.63) is 21.9 Å². The molecule has 0 amide bonds. The van der Waals surface area contributed by atoms with Crippen molar-refractivity contribution in [2.75, 3.05) is 0 Å². The molecule has 90 valence electrons. The predicted octanol–water partition coefficient (Wildman–Crippen LogP) is 5.85. The fraction of sp³-hybridized carbons (Fsp3) is 0.714. The Morgan fingerprint density at radius 3 is 2.50 bits per heavy atom. The van der Waals surface area contributed by atoms with Crippen LogP contribution in [0, 0.1) is 12.8 Å². The molecule has 0 bridgehead atoms. The molecule has 2 heteroatoms. The van der Waals surface area contributed by atoms with E-state index in [1.165, 1.54) is 54.7 Å². The Labute approximate surface area is 112 Å². The molecule has 1 aromatic heterocycles. The van der Waals surface area contributed by atoms with Crippen LogP contribution in [0.5, 0.6) is 0 Å². The van der Waals surface area contributed by atoms with E-state index < -0.39 is 0 Å². The molecule has 1 aliphatic rings. The van der Waals surface area contributed by atoms with Crippen LogP contribution in [0.3, 0.4) is 0 Å². The van der Waals surface area contributed by atoms with E-state index >= 15 is 0 Å². The molecule has 16 heavy (non-hydrogen) atoms. The van der Waals surface area contributed by atoms with Gasteiger partial charge in [-0.05, 0) is 31.4 Å². The maximum Gasteiger partial charge on any atom is 0.0491 e. The summed E-state index contributed by atoms with van der Waals surface area (Å²) in [6.07, 6.45) is 10.1. The van der Waals surface area contributed by atoms with Crippen molar-refractivity contribution in [2.45, 2.75) is 56.7 Å². The van der Waals surface area contributed by atoms with Gasteiger partial charge in [0, 0.05) is 14.6 Å². The Morgan fingerprint density at radius 1 is 1.25 bits per heavy atom. The minimum atomic E-state index is 0.592. The highest BCUT2D eigenvalue weighted by atomic mass is 79.9. The van der Waals surface area contributed by atoms with Crippen LogP contribution in [0.15, 0.2) is 12.1 Å². The van der Waals surface area contributed by atoms with Gasteiger partial charge in [0.15, 0.2) is 0 Å². The van der Waals surface area contributed by atoms with Crippen molar-refractivity contribution in [2.24, 2.45) is 5.92 Å². The summed E-state index contributed by atoms with van der Waals surface area (Å²) in [5.74, 6) is 0.953. The van der Waals surface area contributed by atoms with Gasteiger partial charge in [-0.3, -0.25) is 0 Å². The van der Waals surface area contributed by atoms with E-state index in [0.29, 0.717) is 4.83 Å². The third-order valence-corrected chi connectivity index (χ3v) is 5.87. The molecule has 0 saturated heterocycles. The standard InChI is InChI=1S/C14H21BrS/c1-11-8-9-14(16-11)13(15)10-12-6-4-2-3-5-7-12/h8-9,12-13H,2-7,10H2,1H3. The second kappa shape index (κ2) is 6.20. The first-order valence-corrected chi connectivity index (χ1v) is 8.19. The van der Waals surface area contributed by atoms with Crippen molar-refractivity contribution in [3.63, 3.8) is 0 Å². The molecule has 0 spiro atoms. The van der Waals surface area contributed by atoms with Crippen molar-refractivity contribution >= 4 is 27.3 Å². The highest BCUT2D eigenvalue weighted by molar-refractivity contribution is 9.09. The SMILES string of the molecule is Cc1ccc(C(Br)CC2CCCCCC2)s1. The van der Waals surface area contributed by atoms with Gasteiger partial charge in [-0.25, -0.2) is 0 Å². The van der Waals surface area contributed by atoms with Crippen molar-refractivity contribution in [1.82, 2.24) is 0 Å². The molecule has 1 saturated carbocycles. The lowest BCUT2D eigenvalue weighted by molar-refractivity contribution is 0.428. The van der Waals surface area contributed by atoms with E-state index in [1.807, 2.05) is 11.3 Å². The minimum Gasteiger partial charge on any atom is -0.145 e. The van der Waals surface area contributed by atoms with Crippen LogP contribution in [0.1, 0.15) is 59.5 Å². The number of thiophene rings is 1. The van der Waals surface area contributed by atoms with Crippen molar-refractivity contribution < 1.29 is 0 Å². The molecule has 0 radical (unpaired) electrons. The van der Waals surface area contributed by atoms with E-state index in [1.54, 1.807) is 0 Å². The molecule has 1 heterocycles. The smallest absolute Gasteiger partial charge is 0.0491 e. The molecular weight excluding hydrogens is 280 g/mol. The zero-order valence-corrected chi connectivity index (χ0v) is 12.4. The lowest BCUT2D eigenvalue weighted by Crippen LogP contribution is -2.02. The van der Waals surface area contributed by atoms with Gasteiger partial charge in [0.1, 0.15) is 0 Å². The summed E-state index contributed by atoms with van der Waals surface area (Å²) in [6.45, 7) is 2.19. The summed E-state index contributed by atoms with van der Waals surface area (Å²) in [4.78, 5) is 3.54. The monoisotopic (exact) mass is 300 g/mol. The highest BCUT2D eigenvalue weighted by Crippen LogP contribution is 2.38. The summed E-state index contributed by atoms with van der Waals surface area (Å²) in [7, 11) is 0. The lowest BCUT2D eigenvalue weighted by atomic mass is 9.94. The van der Waals surface area contributed by atoms with E-state index in [9.17, 15) is 0 Å². The van der Waals surface area contributed by atoms with Gasteiger partial charge in [-0.1, -0.05) is 54.5 Å². The Balaban J connectivity index is 1.88. The number of hydrogen-bond donors (Lipinski definition) is 0. The highest BCUT2D eigenvalue weighted by Gasteiger charge is 2.18. The first-order valence-electron chi connectivity index (χ1n) is 6.46. The van der Waals surface area contributed by atoms with Crippen LogP contribution < -0.4 is 0 Å². The fourth-order valence-corrected chi connectivity index (χ4v) is 4.46. The summed E-state index contributed by atoms with van der Waals surface area (Å²) in [5, 5.41) is 0. The van der Waals surface area contributed by atoms with Gasteiger partial charge in [-0.15, -0.1) is 11.3 Å². The average Bonchev–Trinajstić information content (AvgIpc) is 2.54. The van der Waals surface area contributed by atoms with E-state index in [0.717, 1.165) is 5.92 Å². The second-order valence-electron chi connectivity index (χ2n) is 5.01. The third kappa shape index (κ3) is 3.59. The number of hydrogen-bond acceptors (Lipinski definition) is 1. The first kappa shape index (κ1) is 12.6. The fourth-order valence-electron chi connectivity index (χ4n) is 2.63. The molecule has 1 atom stereocenters. The van der Waals surface area contributed by atoms with Gasteiger partial charge < -0.3 is 0 Å². The maximum absolute atomic E-state index is 3.87. The summed E-state index contributed by atoms with van der Waals surface area (Å²) < 4.78 is 0. The van der Waals surface area contributed by atoms with Crippen LogP contribution >= 0.6 is 27.3 Å². The van der Waals surface area contributed by atoms with Crippen LogP contribution in [0.25, 0.3) is 0 Å². The normalized spacial score (nSPS) is 20.6. The van der Waals surface area contributed by atoms with E-state index in [2.05, 4.69) is 35.0 Å². The minimum absolute atomic E-state index is 0.592. The second-order valence-corrected chi connectivity index (χ2v) is 7.43. The molecule has 1 aliphatic carbocycles. The summed E-state index contributed by atoms with van der Waals surface area (Å²) >= 11 is 5.81. The topological polar surface area (TPSA) is 0 Å². The van der Waals surface area contributed by atoms with Crippen LogP contribution in [-0.4, -0.2) is 0 Å². The zero-order chi connectivity index (χ0) is 11.4. The lowest BCUT2D eigenvalue weighted by Gasteiger charge is -2.17. The molecule has 0 aliphatic heterocycles. The first-order chi connectivity index (χ1) is 7.75. The van der Waals surface area contributed by atoms with Crippen LogP contribution in [0.4, 0.5) is 0 Å². The van der Waals surface area contributed by atoms with Crippen molar-refractivity contribution in [1.29, 1.82) is 0 Å². The molecular formula is C14H21BrS. The van der Waals surface area contributed by atoms with Gasteiger partial charge in [0.05, 0.1) is 0 Å².